The normalized spacial score (nSPS) is 23.2. The molecule has 6 heteroatoms. The van der Waals surface area contributed by atoms with Gasteiger partial charge in [0.05, 0.1) is 11.7 Å². The summed E-state index contributed by atoms with van der Waals surface area (Å²) in [4.78, 5) is 0. The first kappa shape index (κ1) is 30.7. The van der Waals surface area contributed by atoms with Crippen LogP contribution in [0.2, 0.25) is 0 Å². The molecule has 226 valence electrons. The van der Waals surface area contributed by atoms with E-state index in [0.717, 1.165) is 29.7 Å². The lowest BCUT2D eigenvalue weighted by atomic mass is 9.77. The van der Waals surface area contributed by atoms with Crippen molar-refractivity contribution >= 4 is 0 Å². The second-order valence-corrected chi connectivity index (χ2v) is 12.3. The van der Waals surface area contributed by atoms with Gasteiger partial charge in [-0.1, -0.05) is 69.0 Å². The van der Waals surface area contributed by atoms with Crippen LogP contribution in [0, 0.1) is 23.4 Å². The number of hydrogen-bond acceptors (Lipinski definition) is 1. The highest BCUT2D eigenvalue weighted by atomic mass is 19.3. The van der Waals surface area contributed by atoms with E-state index < -0.39 is 35.2 Å². The van der Waals surface area contributed by atoms with E-state index in [1.165, 1.54) is 75.1 Å². The van der Waals surface area contributed by atoms with Crippen molar-refractivity contribution in [1.29, 1.82) is 0 Å². The van der Waals surface area contributed by atoms with Crippen LogP contribution in [0.3, 0.4) is 0 Å². The minimum atomic E-state index is -3.78. The molecule has 0 spiro atoms. The van der Waals surface area contributed by atoms with Crippen LogP contribution in [0.1, 0.15) is 112 Å². The summed E-state index contributed by atoms with van der Waals surface area (Å²) in [6.45, 7) is 2.24. The van der Waals surface area contributed by atoms with Crippen LogP contribution in [0.25, 0.3) is 11.1 Å². The van der Waals surface area contributed by atoms with Crippen LogP contribution in [0.4, 0.5) is 22.0 Å². The molecule has 3 aromatic carbocycles. The third-order valence-corrected chi connectivity index (χ3v) is 9.46. The van der Waals surface area contributed by atoms with Crippen LogP contribution in [-0.4, -0.2) is 6.10 Å². The average molecular weight is 585 g/mol. The lowest BCUT2D eigenvalue weighted by molar-refractivity contribution is -0.278. The van der Waals surface area contributed by atoms with E-state index in [0.29, 0.717) is 42.7 Å². The molecule has 2 aliphatic rings. The topological polar surface area (TPSA) is 9.23 Å². The molecule has 5 rings (SSSR count). The standard InChI is InChI=1S/C36H41F5O/c1-2-3-4-5-24-6-8-25(9-7-24)26-10-12-27(13-11-26)29-16-20-32(34(38)22-29)36(40,41)42-31-18-14-28(15-19-31)30-17-21-33(37)35(39)23-30/h10-13,16-17,20-25,28,31H,2-9,14-15,18-19H2,1H3. The van der Waals surface area contributed by atoms with Crippen LogP contribution in [0.5, 0.6) is 0 Å². The summed E-state index contributed by atoms with van der Waals surface area (Å²) in [5.74, 6) is -1.49. The number of benzene rings is 3. The van der Waals surface area contributed by atoms with Gasteiger partial charge in [0.2, 0.25) is 0 Å². The molecule has 0 bridgehead atoms. The van der Waals surface area contributed by atoms with Gasteiger partial charge in [0.15, 0.2) is 11.6 Å². The Morgan fingerprint density at radius 3 is 1.90 bits per heavy atom. The highest BCUT2D eigenvalue weighted by Crippen LogP contribution is 2.41. The van der Waals surface area contributed by atoms with E-state index in [4.69, 9.17) is 4.74 Å². The lowest BCUT2D eigenvalue weighted by Crippen LogP contribution is -2.30. The quantitative estimate of drug-likeness (QED) is 0.170. The summed E-state index contributed by atoms with van der Waals surface area (Å²) in [6.07, 6.45) is 7.32. The van der Waals surface area contributed by atoms with Crippen LogP contribution >= 0.6 is 0 Å². The van der Waals surface area contributed by atoms with Gasteiger partial charge in [-0.2, -0.15) is 8.78 Å². The largest absolute Gasteiger partial charge is 0.386 e. The minimum Gasteiger partial charge on any atom is -0.313 e. The van der Waals surface area contributed by atoms with E-state index in [2.05, 4.69) is 19.1 Å². The number of unbranched alkanes of at least 4 members (excludes halogenated alkanes) is 2. The van der Waals surface area contributed by atoms with Gasteiger partial charge in [0.1, 0.15) is 5.82 Å². The molecule has 0 aromatic heterocycles. The highest BCUT2D eigenvalue weighted by Gasteiger charge is 2.40. The van der Waals surface area contributed by atoms with Crippen molar-refractivity contribution in [2.24, 2.45) is 5.92 Å². The molecule has 42 heavy (non-hydrogen) atoms. The van der Waals surface area contributed by atoms with Gasteiger partial charge < -0.3 is 4.74 Å². The molecule has 0 saturated heterocycles. The SMILES string of the molecule is CCCCCC1CCC(c2ccc(-c3ccc(C(F)(F)OC4CCC(c5ccc(F)c(F)c5)CC4)c(F)c3)cc2)CC1. The Labute approximate surface area is 246 Å². The van der Waals surface area contributed by atoms with E-state index in [1.54, 1.807) is 0 Å². The Bertz CT molecular complexity index is 1300. The third kappa shape index (κ3) is 7.42. The maximum atomic E-state index is 15.1. The number of ether oxygens (including phenoxy) is 1. The number of alkyl halides is 2. The molecule has 1 nitrogen and oxygen atoms in total. The van der Waals surface area contributed by atoms with Crippen molar-refractivity contribution in [2.45, 2.75) is 108 Å². The molecule has 3 aromatic rings. The molecule has 0 atom stereocenters. The first-order valence-corrected chi connectivity index (χ1v) is 15.6. The number of halogens is 5. The number of hydrogen-bond donors (Lipinski definition) is 0. The van der Waals surface area contributed by atoms with Gasteiger partial charge in [0, 0.05) is 0 Å². The zero-order chi connectivity index (χ0) is 29.7. The molecule has 0 unspecified atom stereocenters. The Morgan fingerprint density at radius 2 is 1.26 bits per heavy atom. The molecule has 0 aliphatic heterocycles. The van der Waals surface area contributed by atoms with Crippen LogP contribution in [0.15, 0.2) is 60.7 Å². The van der Waals surface area contributed by atoms with Crippen molar-refractivity contribution in [3.05, 3.63) is 94.8 Å². The Hall–Kier alpha value is -2.73. The molecular weight excluding hydrogens is 543 g/mol. The van der Waals surface area contributed by atoms with Crippen LogP contribution in [-0.2, 0) is 10.8 Å². The highest BCUT2D eigenvalue weighted by molar-refractivity contribution is 5.64. The zero-order valence-electron chi connectivity index (χ0n) is 24.4. The fourth-order valence-electron chi connectivity index (χ4n) is 6.90. The van der Waals surface area contributed by atoms with Gasteiger partial charge in [-0.15, -0.1) is 0 Å². The molecule has 0 radical (unpaired) electrons. The fraction of sp³-hybridized carbons (Fsp3) is 0.500. The first-order chi connectivity index (χ1) is 20.2. The molecule has 0 heterocycles. The summed E-state index contributed by atoms with van der Waals surface area (Å²) in [7, 11) is 0. The van der Waals surface area contributed by atoms with Crippen molar-refractivity contribution in [3.63, 3.8) is 0 Å². The summed E-state index contributed by atoms with van der Waals surface area (Å²) < 4.78 is 77.2. The van der Waals surface area contributed by atoms with Crippen molar-refractivity contribution < 1.29 is 26.7 Å². The van der Waals surface area contributed by atoms with Crippen molar-refractivity contribution in [2.75, 3.05) is 0 Å². The zero-order valence-corrected chi connectivity index (χ0v) is 24.4. The Morgan fingerprint density at radius 1 is 0.643 bits per heavy atom. The molecule has 2 fully saturated rings. The number of rotatable bonds is 10. The van der Waals surface area contributed by atoms with Gasteiger partial charge in [-0.3, -0.25) is 0 Å². The summed E-state index contributed by atoms with van der Waals surface area (Å²) in [6, 6.07) is 15.7. The first-order valence-electron chi connectivity index (χ1n) is 15.6. The Kier molecular flexibility index (Phi) is 10.0. The van der Waals surface area contributed by atoms with Gasteiger partial charge in [-0.25, -0.2) is 13.2 Å². The van der Waals surface area contributed by atoms with Crippen molar-refractivity contribution in [3.8, 4) is 11.1 Å². The molecule has 0 amide bonds. The van der Waals surface area contributed by atoms with E-state index in [-0.39, 0.29) is 5.92 Å². The van der Waals surface area contributed by atoms with E-state index in [1.807, 2.05) is 12.1 Å². The monoisotopic (exact) mass is 584 g/mol. The summed E-state index contributed by atoms with van der Waals surface area (Å²) in [5, 5.41) is 0. The summed E-state index contributed by atoms with van der Waals surface area (Å²) >= 11 is 0. The molecular formula is C36H41F5O. The molecule has 0 N–H and O–H groups in total. The maximum Gasteiger partial charge on any atom is 0.386 e. The fourth-order valence-corrected chi connectivity index (χ4v) is 6.90. The second-order valence-electron chi connectivity index (χ2n) is 12.3. The van der Waals surface area contributed by atoms with E-state index in [9.17, 15) is 8.78 Å². The van der Waals surface area contributed by atoms with Gasteiger partial charge in [0.25, 0.3) is 0 Å². The average Bonchev–Trinajstić information content (AvgIpc) is 2.99. The van der Waals surface area contributed by atoms with Gasteiger partial charge in [-0.05, 0) is 116 Å². The van der Waals surface area contributed by atoms with Crippen LogP contribution < -0.4 is 0 Å². The lowest BCUT2D eigenvalue weighted by Gasteiger charge is -2.31. The van der Waals surface area contributed by atoms with Crippen molar-refractivity contribution in [1.82, 2.24) is 0 Å². The second kappa shape index (κ2) is 13.7. The predicted molar refractivity (Wildman–Crippen MR) is 157 cm³/mol. The Balaban J connectivity index is 1.16. The minimum absolute atomic E-state index is 0.0541. The molecule has 2 aliphatic carbocycles. The predicted octanol–water partition coefficient (Wildman–Crippen LogP) is 11.4. The van der Waals surface area contributed by atoms with Gasteiger partial charge >= 0.3 is 6.11 Å². The third-order valence-electron chi connectivity index (χ3n) is 9.46. The molecule has 2 saturated carbocycles. The summed E-state index contributed by atoms with van der Waals surface area (Å²) in [5.41, 5.74) is 2.50. The smallest absolute Gasteiger partial charge is 0.313 e. The van der Waals surface area contributed by atoms with E-state index >= 15 is 13.2 Å². The maximum absolute atomic E-state index is 15.1.